The first kappa shape index (κ1) is 13.9. The monoisotopic (exact) mass is 309 g/mol. The molecule has 2 fully saturated rings. The van der Waals surface area contributed by atoms with Crippen LogP contribution in [0.15, 0.2) is 42.5 Å². The fourth-order valence-electron chi connectivity index (χ4n) is 3.08. The van der Waals surface area contributed by atoms with Crippen LogP contribution in [0.2, 0.25) is 0 Å². The smallest absolute Gasteiger partial charge is 0.330 e. The van der Waals surface area contributed by atoms with Gasteiger partial charge < -0.3 is 4.84 Å². The van der Waals surface area contributed by atoms with Crippen molar-refractivity contribution in [3.63, 3.8) is 0 Å². The molecule has 1 heterocycles. The van der Waals surface area contributed by atoms with Crippen molar-refractivity contribution in [1.82, 2.24) is 5.06 Å². The highest BCUT2D eigenvalue weighted by Crippen LogP contribution is 2.48. The summed E-state index contributed by atoms with van der Waals surface area (Å²) in [4.78, 5) is 40.1. The maximum absolute atomic E-state index is 12.1. The summed E-state index contributed by atoms with van der Waals surface area (Å²) >= 11 is 0. The van der Waals surface area contributed by atoms with E-state index in [-0.39, 0.29) is 24.7 Å². The molecule has 0 aromatic heterocycles. The van der Waals surface area contributed by atoms with Crippen LogP contribution in [0.5, 0.6) is 0 Å². The lowest BCUT2D eigenvalue weighted by Gasteiger charge is -2.12. The Labute approximate surface area is 132 Å². The van der Waals surface area contributed by atoms with Gasteiger partial charge in [-0.05, 0) is 28.7 Å². The van der Waals surface area contributed by atoms with Gasteiger partial charge >= 0.3 is 5.97 Å². The molecule has 5 nitrogen and oxygen atoms in total. The normalized spacial score (nSPS) is 23.4. The van der Waals surface area contributed by atoms with E-state index >= 15 is 0 Å². The highest BCUT2D eigenvalue weighted by Gasteiger charge is 2.47. The number of imide groups is 1. The van der Waals surface area contributed by atoms with Crippen molar-refractivity contribution in [2.75, 3.05) is 0 Å². The molecule has 0 radical (unpaired) electrons. The van der Waals surface area contributed by atoms with Crippen LogP contribution < -0.4 is 0 Å². The summed E-state index contributed by atoms with van der Waals surface area (Å²) in [5, 5.41) is 2.91. The van der Waals surface area contributed by atoms with Gasteiger partial charge in [-0.25, -0.2) is 4.79 Å². The minimum absolute atomic E-state index is 0.0971. The number of rotatable bonds is 3. The maximum atomic E-state index is 12.1. The second-order valence-corrected chi connectivity index (χ2v) is 6.05. The molecule has 23 heavy (non-hydrogen) atoms. The van der Waals surface area contributed by atoms with E-state index in [4.69, 9.17) is 4.84 Å². The highest BCUT2D eigenvalue weighted by atomic mass is 16.7. The molecule has 1 aliphatic heterocycles. The van der Waals surface area contributed by atoms with Gasteiger partial charge in [-0.1, -0.05) is 42.5 Å². The van der Waals surface area contributed by atoms with E-state index in [1.807, 2.05) is 36.4 Å². The summed E-state index contributed by atoms with van der Waals surface area (Å²) in [7, 11) is 0. The number of carbonyl (C=O) groups excluding carboxylic acids is 3. The molecule has 116 valence electrons. The van der Waals surface area contributed by atoms with E-state index in [0.29, 0.717) is 11.5 Å². The van der Waals surface area contributed by atoms with E-state index in [1.54, 1.807) is 0 Å². The van der Waals surface area contributed by atoms with Crippen molar-refractivity contribution in [2.24, 2.45) is 5.92 Å². The zero-order chi connectivity index (χ0) is 16.0. The van der Waals surface area contributed by atoms with Crippen molar-refractivity contribution in [1.29, 1.82) is 0 Å². The van der Waals surface area contributed by atoms with E-state index < -0.39 is 17.8 Å². The lowest BCUT2D eigenvalue weighted by molar-refractivity contribution is -0.198. The summed E-state index contributed by atoms with van der Waals surface area (Å²) in [6.07, 6.45) is 0.920. The fraction of sp³-hybridized carbons (Fsp3) is 0.278. The quantitative estimate of drug-likeness (QED) is 0.817. The van der Waals surface area contributed by atoms with Crippen molar-refractivity contribution in [3.8, 4) is 0 Å². The average molecular weight is 309 g/mol. The zero-order valence-corrected chi connectivity index (χ0v) is 12.4. The molecule has 0 spiro atoms. The Morgan fingerprint density at radius 3 is 2.43 bits per heavy atom. The standard InChI is InChI=1S/C18H15NO4/c20-16-7-8-17(21)19(16)23-18(22)15-10-14(15)13-6-5-11-3-1-2-4-12(11)9-13/h1-6,9,14-15H,7-8,10H2. The molecular formula is C18H15NO4. The van der Waals surface area contributed by atoms with Crippen LogP contribution in [0, 0.1) is 5.92 Å². The zero-order valence-electron chi connectivity index (χ0n) is 12.4. The van der Waals surface area contributed by atoms with Crippen LogP contribution in [0.1, 0.15) is 30.7 Å². The number of hydrogen-bond donors (Lipinski definition) is 0. The number of hydroxylamine groups is 2. The van der Waals surface area contributed by atoms with Gasteiger partial charge in [-0.3, -0.25) is 9.59 Å². The summed E-state index contributed by atoms with van der Waals surface area (Å²) in [6, 6.07) is 14.2. The molecule has 2 aliphatic rings. The van der Waals surface area contributed by atoms with Crippen molar-refractivity contribution < 1.29 is 19.2 Å². The molecule has 5 heteroatoms. The van der Waals surface area contributed by atoms with Gasteiger partial charge in [0.1, 0.15) is 0 Å². The Bertz CT molecular complexity index is 813. The predicted molar refractivity (Wildman–Crippen MR) is 82.0 cm³/mol. The largest absolute Gasteiger partial charge is 0.336 e. The molecule has 2 atom stereocenters. The van der Waals surface area contributed by atoms with Gasteiger partial charge in [0, 0.05) is 12.8 Å². The SMILES string of the molecule is O=C(ON1C(=O)CCC1=O)C1CC1c1ccc2ccccc2c1. The lowest BCUT2D eigenvalue weighted by atomic mass is 10.0. The third-order valence-electron chi connectivity index (χ3n) is 4.48. The second kappa shape index (κ2) is 5.19. The molecule has 1 aliphatic carbocycles. The van der Waals surface area contributed by atoms with Gasteiger partial charge in [-0.15, -0.1) is 5.06 Å². The Morgan fingerprint density at radius 1 is 1.00 bits per heavy atom. The van der Waals surface area contributed by atoms with Gasteiger partial charge in [-0.2, -0.15) is 0 Å². The minimum atomic E-state index is -0.494. The first-order chi connectivity index (χ1) is 11.1. The van der Waals surface area contributed by atoms with Crippen LogP contribution in [0.3, 0.4) is 0 Å². The van der Waals surface area contributed by atoms with Gasteiger partial charge in [0.25, 0.3) is 11.8 Å². The molecule has 2 unspecified atom stereocenters. The molecule has 0 bridgehead atoms. The van der Waals surface area contributed by atoms with Crippen LogP contribution in [-0.4, -0.2) is 22.8 Å². The van der Waals surface area contributed by atoms with Crippen LogP contribution in [0.25, 0.3) is 10.8 Å². The number of nitrogens with zero attached hydrogens (tertiary/aromatic N) is 1. The predicted octanol–water partition coefficient (Wildman–Crippen LogP) is 2.55. The minimum Gasteiger partial charge on any atom is -0.330 e. The fourth-order valence-corrected chi connectivity index (χ4v) is 3.08. The van der Waals surface area contributed by atoms with Crippen molar-refractivity contribution in [2.45, 2.75) is 25.2 Å². The third-order valence-corrected chi connectivity index (χ3v) is 4.48. The van der Waals surface area contributed by atoms with Crippen LogP contribution in [0.4, 0.5) is 0 Å². The number of benzene rings is 2. The van der Waals surface area contributed by atoms with Crippen LogP contribution in [-0.2, 0) is 19.2 Å². The first-order valence-corrected chi connectivity index (χ1v) is 7.70. The Balaban J connectivity index is 1.47. The van der Waals surface area contributed by atoms with E-state index in [1.165, 1.54) is 0 Å². The molecule has 2 amide bonds. The van der Waals surface area contributed by atoms with Gasteiger partial charge in [0.15, 0.2) is 0 Å². The molecule has 1 saturated carbocycles. The highest BCUT2D eigenvalue weighted by molar-refractivity contribution is 6.01. The van der Waals surface area contributed by atoms with Gasteiger partial charge in [0.05, 0.1) is 5.92 Å². The first-order valence-electron chi connectivity index (χ1n) is 7.70. The second-order valence-electron chi connectivity index (χ2n) is 6.05. The topological polar surface area (TPSA) is 63.7 Å². The summed E-state index contributed by atoms with van der Waals surface area (Å²) in [6.45, 7) is 0. The molecule has 1 saturated heterocycles. The summed E-state index contributed by atoms with van der Waals surface area (Å²) in [5.74, 6) is -1.55. The average Bonchev–Trinajstić information content (AvgIpc) is 3.31. The van der Waals surface area contributed by atoms with Gasteiger partial charge in [0.2, 0.25) is 0 Å². The summed E-state index contributed by atoms with van der Waals surface area (Å²) in [5.41, 5.74) is 1.09. The molecule has 2 aromatic rings. The number of fused-ring (bicyclic) bond motifs is 1. The number of carbonyl (C=O) groups is 3. The van der Waals surface area contributed by atoms with E-state index in [2.05, 4.69) is 6.07 Å². The maximum Gasteiger partial charge on any atom is 0.336 e. The molecule has 0 N–H and O–H groups in total. The number of hydrogen-bond acceptors (Lipinski definition) is 4. The molecule has 4 rings (SSSR count). The third kappa shape index (κ3) is 2.48. The number of amides is 2. The van der Waals surface area contributed by atoms with Crippen molar-refractivity contribution in [3.05, 3.63) is 48.0 Å². The van der Waals surface area contributed by atoms with E-state index in [9.17, 15) is 14.4 Å². The molecular weight excluding hydrogens is 294 g/mol. The summed E-state index contributed by atoms with van der Waals surface area (Å²) < 4.78 is 0. The van der Waals surface area contributed by atoms with Crippen LogP contribution >= 0.6 is 0 Å². The Kier molecular flexibility index (Phi) is 3.15. The lowest BCUT2D eigenvalue weighted by Crippen LogP contribution is -2.32. The van der Waals surface area contributed by atoms with E-state index in [0.717, 1.165) is 16.3 Å². The Hall–Kier alpha value is -2.69. The Morgan fingerprint density at radius 2 is 1.70 bits per heavy atom. The van der Waals surface area contributed by atoms with Crippen molar-refractivity contribution >= 4 is 28.6 Å². The molecule has 2 aromatic carbocycles.